The standard InChI is InChI=1S/C20H18O5S/c1-3-24-19(21)12-25-16-10-13(8-9-15(16)23-2)11-18-20(22)14-6-4-5-7-17(14)26-18/h4-11H,3,12H2,1-2H3/b18-11+. The predicted octanol–water partition coefficient (Wildman–Crippen LogP) is 3.97. The second kappa shape index (κ2) is 8.10. The Labute approximate surface area is 155 Å². The van der Waals surface area contributed by atoms with Crippen molar-refractivity contribution in [1.29, 1.82) is 0 Å². The van der Waals surface area contributed by atoms with Gasteiger partial charge in [-0.25, -0.2) is 4.79 Å². The third-order valence-corrected chi connectivity index (χ3v) is 4.81. The summed E-state index contributed by atoms with van der Waals surface area (Å²) in [6.07, 6.45) is 1.81. The van der Waals surface area contributed by atoms with Crippen molar-refractivity contribution in [2.75, 3.05) is 20.3 Å². The molecule has 0 radical (unpaired) electrons. The van der Waals surface area contributed by atoms with Crippen molar-refractivity contribution in [3.8, 4) is 11.5 Å². The van der Waals surface area contributed by atoms with Gasteiger partial charge in [-0.15, -0.1) is 0 Å². The maximum atomic E-state index is 12.5. The molecule has 0 spiro atoms. The molecule has 134 valence electrons. The first-order chi connectivity index (χ1) is 12.6. The Kier molecular flexibility index (Phi) is 5.63. The summed E-state index contributed by atoms with van der Waals surface area (Å²) in [5.41, 5.74) is 1.50. The van der Waals surface area contributed by atoms with Crippen LogP contribution in [0.3, 0.4) is 0 Å². The van der Waals surface area contributed by atoms with Crippen LogP contribution in [0.4, 0.5) is 0 Å². The Bertz CT molecular complexity index is 872. The zero-order chi connectivity index (χ0) is 18.5. The number of rotatable bonds is 6. The van der Waals surface area contributed by atoms with Crippen LogP contribution in [0.2, 0.25) is 0 Å². The minimum absolute atomic E-state index is 0.00964. The molecule has 26 heavy (non-hydrogen) atoms. The van der Waals surface area contributed by atoms with Crippen LogP contribution in [0, 0.1) is 0 Å². The highest BCUT2D eigenvalue weighted by Crippen LogP contribution is 2.41. The summed E-state index contributed by atoms with van der Waals surface area (Å²) >= 11 is 1.45. The van der Waals surface area contributed by atoms with Crippen molar-refractivity contribution in [2.45, 2.75) is 11.8 Å². The zero-order valence-corrected chi connectivity index (χ0v) is 15.3. The number of allylic oxidation sites excluding steroid dienone is 1. The Morgan fingerprint density at radius 1 is 1.15 bits per heavy atom. The third kappa shape index (κ3) is 3.91. The second-order valence-corrected chi connectivity index (χ2v) is 6.52. The van der Waals surface area contributed by atoms with E-state index < -0.39 is 5.97 Å². The van der Waals surface area contributed by atoms with Crippen LogP contribution >= 0.6 is 11.8 Å². The molecule has 0 bridgehead atoms. The number of fused-ring (bicyclic) bond motifs is 1. The van der Waals surface area contributed by atoms with Gasteiger partial charge in [0, 0.05) is 10.5 Å². The minimum Gasteiger partial charge on any atom is -0.493 e. The molecule has 6 heteroatoms. The van der Waals surface area contributed by atoms with Crippen LogP contribution in [0.5, 0.6) is 11.5 Å². The molecule has 1 aliphatic rings. The molecule has 0 fully saturated rings. The fourth-order valence-electron chi connectivity index (χ4n) is 2.52. The number of esters is 1. The van der Waals surface area contributed by atoms with Gasteiger partial charge >= 0.3 is 5.97 Å². The molecule has 1 heterocycles. The normalized spacial score (nSPS) is 14.2. The van der Waals surface area contributed by atoms with E-state index in [4.69, 9.17) is 14.2 Å². The van der Waals surface area contributed by atoms with E-state index in [1.165, 1.54) is 18.9 Å². The monoisotopic (exact) mass is 370 g/mol. The summed E-state index contributed by atoms with van der Waals surface area (Å²) in [5, 5.41) is 0. The zero-order valence-electron chi connectivity index (χ0n) is 14.5. The van der Waals surface area contributed by atoms with Crippen molar-refractivity contribution < 1.29 is 23.8 Å². The molecule has 2 aromatic rings. The maximum absolute atomic E-state index is 12.5. The van der Waals surface area contributed by atoms with Crippen LogP contribution in [-0.4, -0.2) is 32.1 Å². The summed E-state index contributed by atoms with van der Waals surface area (Å²) in [5.74, 6) is 0.485. The van der Waals surface area contributed by atoms with Crippen molar-refractivity contribution in [3.63, 3.8) is 0 Å². The molecule has 0 aromatic heterocycles. The number of carbonyl (C=O) groups is 2. The number of ketones is 1. The van der Waals surface area contributed by atoms with Gasteiger partial charge < -0.3 is 14.2 Å². The first-order valence-electron chi connectivity index (χ1n) is 8.12. The number of carbonyl (C=O) groups excluding carboxylic acids is 2. The van der Waals surface area contributed by atoms with Crippen molar-refractivity contribution in [3.05, 3.63) is 58.5 Å². The Morgan fingerprint density at radius 2 is 1.96 bits per heavy atom. The SMILES string of the molecule is CCOC(=O)COc1cc(/C=C2/Sc3ccccc3C2=O)ccc1OC. The highest BCUT2D eigenvalue weighted by atomic mass is 32.2. The molecule has 0 saturated carbocycles. The Balaban J connectivity index is 1.82. The number of hydrogen-bond donors (Lipinski definition) is 0. The number of Topliss-reactive ketones (excluding diaryl/α,β-unsaturated/α-hetero) is 1. The highest BCUT2D eigenvalue weighted by molar-refractivity contribution is 8.04. The van der Waals surface area contributed by atoms with Gasteiger partial charge in [0.1, 0.15) is 0 Å². The van der Waals surface area contributed by atoms with E-state index in [1.807, 2.05) is 36.4 Å². The molecule has 0 amide bonds. The van der Waals surface area contributed by atoms with E-state index >= 15 is 0 Å². The van der Waals surface area contributed by atoms with Crippen LogP contribution in [0.1, 0.15) is 22.8 Å². The third-order valence-electron chi connectivity index (χ3n) is 3.71. The number of benzene rings is 2. The molecule has 0 atom stereocenters. The number of methoxy groups -OCH3 is 1. The lowest BCUT2D eigenvalue weighted by atomic mass is 10.1. The summed E-state index contributed by atoms with van der Waals surface area (Å²) in [6.45, 7) is 1.83. The van der Waals surface area contributed by atoms with Crippen molar-refractivity contribution >= 4 is 29.6 Å². The largest absolute Gasteiger partial charge is 0.493 e. The fourth-order valence-corrected chi connectivity index (χ4v) is 3.57. The predicted molar refractivity (Wildman–Crippen MR) is 99.7 cm³/mol. The second-order valence-electron chi connectivity index (χ2n) is 5.44. The summed E-state index contributed by atoms with van der Waals surface area (Å²) in [7, 11) is 1.53. The maximum Gasteiger partial charge on any atom is 0.344 e. The Hall–Kier alpha value is -2.73. The van der Waals surface area contributed by atoms with Gasteiger partial charge in [0.2, 0.25) is 5.78 Å². The van der Waals surface area contributed by atoms with E-state index in [0.29, 0.717) is 23.0 Å². The molecule has 5 nitrogen and oxygen atoms in total. The van der Waals surface area contributed by atoms with Crippen molar-refractivity contribution in [2.24, 2.45) is 0 Å². The quantitative estimate of drug-likeness (QED) is 0.566. The summed E-state index contributed by atoms with van der Waals surface area (Å²) < 4.78 is 15.6. The van der Waals surface area contributed by atoms with Crippen LogP contribution in [-0.2, 0) is 9.53 Å². The lowest BCUT2D eigenvalue weighted by molar-refractivity contribution is -0.145. The number of ether oxygens (including phenoxy) is 3. The number of thioether (sulfide) groups is 1. The molecule has 0 N–H and O–H groups in total. The van der Waals surface area contributed by atoms with Crippen LogP contribution < -0.4 is 9.47 Å². The fraction of sp³-hybridized carbons (Fsp3) is 0.200. The molecule has 2 aromatic carbocycles. The van der Waals surface area contributed by atoms with Gasteiger partial charge in [-0.05, 0) is 42.8 Å². The minimum atomic E-state index is -0.449. The van der Waals surface area contributed by atoms with Crippen LogP contribution in [0.25, 0.3) is 6.08 Å². The van der Waals surface area contributed by atoms with E-state index in [-0.39, 0.29) is 12.4 Å². The average molecular weight is 370 g/mol. The summed E-state index contributed by atoms with van der Waals surface area (Å²) in [4.78, 5) is 25.6. The Morgan fingerprint density at radius 3 is 2.69 bits per heavy atom. The molecule has 1 aliphatic heterocycles. The lowest BCUT2D eigenvalue weighted by Crippen LogP contribution is -2.14. The molecule has 0 saturated heterocycles. The first-order valence-corrected chi connectivity index (χ1v) is 8.93. The highest BCUT2D eigenvalue weighted by Gasteiger charge is 2.25. The van der Waals surface area contributed by atoms with E-state index in [2.05, 4.69) is 0 Å². The molecule has 3 rings (SSSR count). The topological polar surface area (TPSA) is 61.8 Å². The molecular weight excluding hydrogens is 352 g/mol. The van der Waals surface area contributed by atoms with E-state index in [0.717, 1.165) is 16.0 Å². The molecular formula is C20H18O5S. The summed E-state index contributed by atoms with van der Waals surface area (Å²) in [6, 6.07) is 12.8. The van der Waals surface area contributed by atoms with Gasteiger partial charge in [-0.1, -0.05) is 30.0 Å². The smallest absolute Gasteiger partial charge is 0.344 e. The van der Waals surface area contributed by atoms with Gasteiger partial charge in [-0.3, -0.25) is 4.79 Å². The van der Waals surface area contributed by atoms with Gasteiger partial charge in [0.15, 0.2) is 18.1 Å². The van der Waals surface area contributed by atoms with Gasteiger partial charge in [-0.2, -0.15) is 0 Å². The number of hydrogen-bond acceptors (Lipinski definition) is 6. The lowest BCUT2D eigenvalue weighted by Gasteiger charge is -2.11. The molecule has 0 aliphatic carbocycles. The van der Waals surface area contributed by atoms with Crippen LogP contribution in [0.15, 0.2) is 52.3 Å². The van der Waals surface area contributed by atoms with E-state index in [9.17, 15) is 9.59 Å². The first kappa shape index (κ1) is 18.1. The van der Waals surface area contributed by atoms with Gasteiger partial charge in [0.05, 0.1) is 18.6 Å². The molecule has 0 unspecified atom stereocenters. The average Bonchev–Trinajstić information content (AvgIpc) is 2.96. The van der Waals surface area contributed by atoms with Gasteiger partial charge in [0.25, 0.3) is 0 Å². The van der Waals surface area contributed by atoms with E-state index in [1.54, 1.807) is 19.1 Å². The van der Waals surface area contributed by atoms with Crippen molar-refractivity contribution in [1.82, 2.24) is 0 Å².